The molecule has 1 amide bonds. The Morgan fingerprint density at radius 2 is 1.81 bits per heavy atom. The summed E-state index contributed by atoms with van der Waals surface area (Å²) in [4.78, 5) is 36.7. The van der Waals surface area contributed by atoms with Crippen LogP contribution >= 0.6 is 27.7 Å². The van der Waals surface area contributed by atoms with Gasteiger partial charge in [-0.25, -0.2) is 9.59 Å². The van der Waals surface area contributed by atoms with E-state index in [1.807, 2.05) is 24.3 Å². The van der Waals surface area contributed by atoms with E-state index in [9.17, 15) is 14.4 Å². The number of hydrogen-bond donors (Lipinski definition) is 1. The molecule has 0 unspecified atom stereocenters. The van der Waals surface area contributed by atoms with Gasteiger partial charge in [-0.1, -0.05) is 33.8 Å². The van der Waals surface area contributed by atoms with Crippen LogP contribution in [0.5, 0.6) is 5.75 Å². The molecule has 0 aliphatic heterocycles. The Labute approximate surface area is 220 Å². The Bertz CT molecular complexity index is 1260. The second-order valence-electron chi connectivity index (χ2n) is 7.12. The molecule has 0 aliphatic carbocycles. The molecule has 2 aromatic carbocycles. The highest BCUT2D eigenvalue weighted by Gasteiger charge is 2.19. The van der Waals surface area contributed by atoms with E-state index in [2.05, 4.69) is 38.0 Å². The maximum atomic E-state index is 12.7. The third-order valence-electron chi connectivity index (χ3n) is 4.74. The number of aromatic nitrogens is 3. The number of methoxy groups -OCH3 is 2. The number of amides is 1. The number of allylic oxidation sites excluding steroid dienone is 1. The van der Waals surface area contributed by atoms with Crippen molar-refractivity contribution in [1.82, 2.24) is 14.8 Å². The quantitative estimate of drug-likeness (QED) is 0.205. The Hall–Kier alpha value is -3.64. The predicted molar refractivity (Wildman–Crippen MR) is 137 cm³/mol. The van der Waals surface area contributed by atoms with Crippen molar-refractivity contribution < 1.29 is 28.6 Å². The van der Waals surface area contributed by atoms with Crippen molar-refractivity contribution in [3.05, 3.63) is 76.5 Å². The number of thioether (sulfide) groups is 1. The van der Waals surface area contributed by atoms with E-state index < -0.39 is 17.8 Å². The summed E-state index contributed by atoms with van der Waals surface area (Å²) in [5.74, 6) is -0.475. The molecule has 0 radical (unpaired) electrons. The number of halogens is 1. The first-order valence-corrected chi connectivity index (χ1v) is 12.3. The third-order valence-corrected chi connectivity index (χ3v) is 6.23. The van der Waals surface area contributed by atoms with Crippen LogP contribution in [-0.2, 0) is 27.4 Å². The first-order chi connectivity index (χ1) is 17.4. The highest BCUT2D eigenvalue weighted by Crippen LogP contribution is 2.23. The summed E-state index contributed by atoms with van der Waals surface area (Å²) in [7, 11) is 2.46. The average Bonchev–Trinajstić information content (AvgIpc) is 3.27. The Kier molecular flexibility index (Phi) is 9.65. The van der Waals surface area contributed by atoms with Crippen molar-refractivity contribution >= 4 is 51.2 Å². The van der Waals surface area contributed by atoms with Gasteiger partial charge in [0, 0.05) is 11.0 Å². The molecule has 10 nitrogen and oxygen atoms in total. The van der Waals surface area contributed by atoms with Gasteiger partial charge in [-0.2, -0.15) is 0 Å². The van der Waals surface area contributed by atoms with Gasteiger partial charge in [0.05, 0.1) is 36.8 Å². The summed E-state index contributed by atoms with van der Waals surface area (Å²) in [6.07, 6.45) is 1.69. The fourth-order valence-electron chi connectivity index (χ4n) is 3.02. The van der Waals surface area contributed by atoms with Crippen LogP contribution < -0.4 is 10.1 Å². The molecule has 0 bridgehead atoms. The number of nitrogens with zero attached hydrogens (tertiary/aromatic N) is 3. The zero-order valence-electron chi connectivity index (χ0n) is 19.5. The minimum atomic E-state index is -0.657. The van der Waals surface area contributed by atoms with Crippen LogP contribution in [0, 0.1) is 0 Å². The number of benzene rings is 2. The van der Waals surface area contributed by atoms with E-state index in [-0.39, 0.29) is 29.2 Å². The molecule has 188 valence electrons. The zero-order chi connectivity index (χ0) is 26.1. The van der Waals surface area contributed by atoms with Gasteiger partial charge in [0.1, 0.15) is 12.4 Å². The lowest BCUT2D eigenvalue weighted by atomic mass is 10.1. The van der Waals surface area contributed by atoms with Gasteiger partial charge in [0.15, 0.2) is 11.0 Å². The van der Waals surface area contributed by atoms with Crippen molar-refractivity contribution in [3.63, 3.8) is 0 Å². The van der Waals surface area contributed by atoms with Gasteiger partial charge in [-0.3, -0.25) is 9.36 Å². The molecule has 1 aromatic heterocycles. The van der Waals surface area contributed by atoms with E-state index in [0.29, 0.717) is 23.3 Å². The number of hydrogen-bond acceptors (Lipinski definition) is 9. The summed E-state index contributed by atoms with van der Waals surface area (Å²) < 4.78 is 18.0. The largest absolute Gasteiger partial charge is 0.486 e. The van der Waals surface area contributed by atoms with E-state index in [1.54, 1.807) is 10.6 Å². The molecular formula is C24H23BrN4O6S. The number of carbonyl (C=O) groups excluding carboxylic acids is 3. The molecule has 3 rings (SSSR count). The monoisotopic (exact) mass is 574 g/mol. The minimum Gasteiger partial charge on any atom is -0.486 e. The maximum Gasteiger partial charge on any atom is 0.339 e. The highest BCUT2D eigenvalue weighted by atomic mass is 79.9. The van der Waals surface area contributed by atoms with Crippen LogP contribution in [-0.4, -0.2) is 52.6 Å². The van der Waals surface area contributed by atoms with Crippen molar-refractivity contribution in [1.29, 1.82) is 0 Å². The topological polar surface area (TPSA) is 122 Å². The number of carbonyl (C=O) groups is 3. The Morgan fingerprint density at radius 1 is 1.08 bits per heavy atom. The molecular weight excluding hydrogens is 552 g/mol. The second-order valence-corrected chi connectivity index (χ2v) is 8.98. The highest BCUT2D eigenvalue weighted by molar-refractivity contribution is 9.10. The van der Waals surface area contributed by atoms with E-state index in [4.69, 9.17) is 14.2 Å². The third kappa shape index (κ3) is 6.95. The van der Waals surface area contributed by atoms with Crippen LogP contribution in [0.2, 0.25) is 0 Å². The molecule has 0 saturated carbocycles. The molecule has 0 spiro atoms. The molecule has 1 N–H and O–H groups in total. The van der Waals surface area contributed by atoms with Crippen molar-refractivity contribution in [2.45, 2.75) is 18.3 Å². The van der Waals surface area contributed by atoms with Crippen molar-refractivity contribution in [2.75, 3.05) is 25.3 Å². The lowest BCUT2D eigenvalue weighted by Gasteiger charge is -2.12. The number of nitrogens with one attached hydrogen (secondary N) is 1. The Balaban J connectivity index is 1.70. The van der Waals surface area contributed by atoms with Gasteiger partial charge in [-0.15, -0.1) is 16.8 Å². The van der Waals surface area contributed by atoms with Gasteiger partial charge >= 0.3 is 11.9 Å². The van der Waals surface area contributed by atoms with Gasteiger partial charge in [0.25, 0.3) is 0 Å². The molecule has 0 aliphatic rings. The smallest absolute Gasteiger partial charge is 0.339 e. The van der Waals surface area contributed by atoms with Crippen LogP contribution in [0.4, 0.5) is 5.69 Å². The second kappa shape index (κ2) is 12.9. The SMILES string of the molecule is C=CCn1c(COc2ccc(Br)cc2)nnc1SCC(=O)Nc1cc(C(=O)OC)ccc1C(=O)OC. The number of anilines is 1. The molecule has 0 saturated heterocycles. The molecule has 0 atom stereocenters. The maximum absolute atomic E-state index is 12.7. The normalized spacial score (nSPS) is 10.4. The molecule has 0 fully saturated rings. The summed E-state index contributed by atoms with van der Waals surface area (Å²) in [5, 5.41) is 11.5. The Morgan fingerprint density at radius 3 is 2.47 bits per heavy atom. The number of ether oxygens (including phenoxy) is 3. The predicted octanol–water partition coefficient (Wildman–Crippen LogP) is 4.11. The van der Waals surface area contributed by atoms with E-state index in [1.165, 1.54) is 32.4 Å². The standard InChI is InChI=1S/C24H23BrN4O6S/c1-4-11-29-20(13-35-17-8-6-16(25)7-9-17)27-28-24(29)36-14-21(30)26-19-12-15(22(31)33-2)5-10-18(19)23(32)34-3/h4-10,12H,1,11,13-14H2,2-3H3,(H,26,30). The van der Waals surface area contributed by atoms with Gasteiger partial charge < -0.3 is 19.5 Å². The molecule has 36 heavy (non-hydrogen) atoms. The van der Waals surface area contributed by atoms with E-state index >= 15 is 0 Å². The lowest BCUT2D eigenvalue weighted by Crippen LogP contribution is -2.18. The van der Waals surface area contributed by atoms with Crippen LogP contribution in [0.1, 0.15) is 26.5 Å². The van der Waals surface area contributed by atoms with Crippen LogP contribution in [0.25, 0.3) is 0 Å². The average molecular weight is 575 g/mol. The first kappa shape index (κ1) is 27.0. The van der Waals surface area contributed by atoms with Crippen molar-refractivity contribution in [2.24, 2.45) is 0 Å². The number of esters is 2. The fraction of sp³-hybridized carbons (Fsp3) is 0.208. The molecule has 12 heteroatoms. The molecule has 1 heterocycles. The number of rotatable bonds is 11. The lowest BCUT2D eigenvalue weighted by molar-refractivity contribution is -0.113. The summed E-state index contributed by atoms with van der Waals surface area (Å²) in [6.45, 7) is 4.37. The summed E-state index contributed by atoms with van der Waals surface area (Å²) >= 11 is 4.54. The first-order valence-electron chi connectivity index (χ1n) is 10.5. The van der Waals surface area contributed by atoms with Gasteiger partial charge in [-0.05, 0) is 42.5 Å². The van der Waals surface area contributed by atoms with Crippen LogP contribution in [0.3, 0.4) is 0 Å². The van der Waals surface area contributed by atoms with Crippen LogP contribution in [0.15, 0.2) is 64.7 Å². The van der Waals surface area contributed by atoms with E-state index in [0.717, 1.165) is 16.2 Å². The zero-order valence-corrected chi connectivity index (χ0v) is 21.9. The van der Waals surface area contributed by atoms with Gasteiger partial charge in [0.2, 0.25) is 5.91 Å². The summed E-state index contributed by atoms with van der Waals surface area (Å²) in [5.41, 5.74) is 0.409. The minimum absolute atomic E-state index is 0.0358. The van der Waals surface area contributed by atoms with Crippen molar-refractivity contribution in [3.8, 4) is 5.75 Å². The molecule has 3 aromatic rings. The summed E-state index contributed by atoms with van der Waals surface area (Å²) in [6, 6.07) is 11.6. The fourth-order valence-corrected chi connectivity index (χ4v) is 4.05.